The number of hydrogen-bond acceptors (Lipinski definition) is 15. The van der Waals surface area contributed by atoms with E-state index in [0.717, 1.165) is 48.2 Å². The fraction of sp³-hybridized carbons (Fsp3) is 0.500. The number of hydrogen-bond donors (Lipinski definition) is 3. The monoisotopic (exact) mass is 1160 g/mol. The summed E-state index contributed by atoms with van der Waals surface area (Å²) >= 11 is 16.3. The minimum Gasteiger partial charge on any atom is -0.415 e. The third-order valence-corrected chi connectivity index (χ3v) is 26.2. The first-order valence-electron chi connectivity index (χ1n) is 19.8. The third-order valence-electron chi connectivity index (χ3n) is 10.1. The number of sulfonamides is 3. The largest absolute Gasteiger partial charge is 0.415 e. The number of H-pyrrole nitrogens is 1. The van der Waals surface area contributed by atoms with E-state index in [0.29, 0.717) is 61.4 Å². The number of aromatic nitrogens is 4. The highest BCUT2D eigenvalue weighted by Crippen LogP contribution is 2.40. The average Bonchev–Trinajstić information content (AvgIpc) is 3.61. The molecule has 0 amide bonds. The third kappa shape index (κ3) is 14.7. The van der Waals surface area contributed by atoms with Gasteiger partial charge in [0.2, 0.25) is 0 Å². The molecular weight excluding hydrogens is 1110 g/mol. The summed E-state index contributed by atoms with van der Waals surface area (Å²) in [6.45, 7) is 13.9. The van der Waals surface area contributed by atoms with Crippen molar-refractivity contribution in [2.24, 2.45) is 0 Å². The van der Waals surface area contributed by atoms with Gasteiger partial charge >= 0.3 is 0 Å². The Kier molecular flexibility index (Phi) is 19.8. The first-order valence-corrected chi connectivity index (χ1v) is 31.5. The van der Waals surface area contributed by atoms with E-state index in [1.54, 1.807) is 44.4 Å². The fourth-order valence-corrected chi connectivity index (χ4v) is 15.7. The zero-order valence-electron chi connectivity index (χ0n) is 36.9. The normalized spacial score (nSPS) is 13.8. The molecule has 0 radical (unpaired) electrons. The maximum atomic E-state index is 12.5. The van der Waals surface area contributed by atoms with E-state index in [4.69, 9.17) is 21.1 Å². The van der Waals surface area contributed by atoms with Crippen LogP contribution in [-0.4, -0.2) is 126 Å². The van der Waals surface area contributed by atoms with Crippen LogP contribution >= 0.6 is 77.5 Å². The van der Waals surface area contributed by atoms with E-state index in [1.165, 1.54) is 50.6 Å². The second-order valence-electron chi connectivity index (χ2n) is 16.0. The molecule has 1 saturated carbocycles. The Morgan fingerprint density at radius 1 is 0.859 bits per heavy atom. The van der Waals surface area contributed by atoms with Gasteiger partial charge in [0.05, 0.1) is 25.3 Å². The van der Waals surface area contributed by atoms with E-state index < -0.39 is 38.4 Å². The first-order chi connectivity index (χ1) is 29.7. The number of aliphatic hydroxyl groups is 1. The van der Waals surface area contributed by atoms with Crippen molar-refractivity contribution in [3.8, 4) is 10.7 Å². The molecule has 356 valence electrons. The quantitative estimate of drug-likeness (QED) is 0.0701. The van der Waals surface area contributed by atoms with E-state index in [9.17, 15) is 25.3 Å². The van der Waals surface area contributed by atoms with E-state index in [1.807, 2.05) is 13.0 Å². The van der Waals surface area contributed by atoms with Crippen molar-refractivity contribution in [3.63, 3.8) is 0 Å². The van der Waals surface area contributed by atoms with Crippen molar-refractivity contribution in [2.75, 3.05) is 59.3 Å². The predicted molar refractivity (Wildman–Crippen MR) is 268 cm³/mol. The van der Waals surface area contributed by atoms with E-state index >= 15 is 0 Å². The molecule has 64 heavy (non-hydrogen) atoms. The van der Waals surface area contributed by atoms with Crippen LogP contribution in [0.3, 0.4) is 0 Å². The van der Waals surface area contributed by atoms with Gasteiger partial charge in [-0.3, -0.25) is 5.10 Å². The van der Waals surface area contributed by atoms with Gasteiger partial charge < -0.3 is 14.8 Å². The lowest BCUT2D eigenvalue weighted by Gasteiger charge is -2.36. The molecule has 26 heteroatoms. The molecule has 0 aromatic carbocycles. The highest BCUT2D eigenvalue weighted by molar-refractivity contribution is 9.11. The van der Waals surface area contributed by atoms with Crippen LogP contribution in [0.2, 0.25) is 23.2 Å². The van der Waals surface area contributed by atoms with Crippen LogP contribution < -0.4 is 5.32 Å². The summed E-state index contributed by atoms with van der Waals surface area (Å²) in [6.07, 6.45) is 4.61. The molecule has 6 rings (SSSR count). The molecule has 0 aliphatic heterocycles. The van der Waals surface area contributed by atoms with Gasteiger partial charge in [-0.1, -0.05) is 39.3 Å². The van der Waals surface area contributed by atoms with Gasteiger partial charge in [0.1, 0.15) is 17.7 Å². The van der Waals surface area contributed by atoms with Gasteiger partial charge in [-0.2, -0.15) is 13.7 Å². The molecule has 16 nitrogen and oxygen atoms in total. The Bertz CT molecular complexity index is 2650. The molecule has 0 saturated heterocycles. The molecule has 5 aromatic rings. The number of halogens is 3. The molecule has 0 spiro atoms. The molecular formula is C38H55Br2ClN8O8S6Si. The van der Waals surface area contributed by atoms with Crippen LogP contribution in [0.1, 0.15) is 58.6 Å². The second-order valence-corrected chi connectivity index (χ2v) is 34.1. The van der Waals surface area contributed by atoms with Crippen molar-refractivity contribution >= 4 is 127 Å². The van der Waals surface area contributed by atoms with Gasteiger partial charge in [0.25, 0.3) is 30.1 Å². The number of likely N-dealkylation sites (N-methyl/N-ethyl adjacent to an activating group) is 2. The molecule has 1 aliphatic rings. The van der Waals surface area contributed by atoms with Crippen molar-refractivity contribution in [1.82, 2.24) is 33.1 Å². The van der Waals surface area contributed by atoms with Gasteiger partial charge in [-0.15, -0.1) is 34.0 Å². The Hall–Kier alpha value is -1.69. The zero-order valence-corrected chi connectivity index (χ0v) is 46.8. The lowest BCUT2D eigenvalue weighted by Crippen LogP contribution is -2.43. The summed E-state index contributed by atoms with van der Waals surface area (Å²) in [5, 5.41) is 19.8. The van der Waals surface area contributed by atoms with Crippen molar-refractivity contribution in [3.05, 3.63) is 67.0 Å². The Morgan fingerprint density at radius 2 is 1.38 bits per heavy atom. The number of thiophene rings is 3. The lowest BCUT2D eigenvalue weighted by molar-refractivity contribution is 0.264. The van der Waals surface area contributed by atoms with Crippen LogP contribution in [0.5, 0.6) is 0 Å². The number of anilines is 2. The number of nitrogens with one attached hydrogen (secondary N) is 2. The lowest BCUT2D eigenvalue weighted by atomic mass is 10.2. The second kappa shape index (κ2) is 23.1. The molecule has 0 unspecified atom stereocenters. The summed E-state index contributed by atoms with van der Waals surface area (Å²) in [4.78, 5) is 9.24. The maximum Gasteiger partial charge on any atom is 0.252 e. The van der Waals surface area contributed by atoms with Crippen LogP contribution in [-0.2, 0) is 34.5 Å². The highest BCUT2D eigenvalue weighted by atomic mass is 79.9. The number of rotatable bonds is 18. The Morgan fingerprint density at radius 3 is 1.86 bits per heavy atom. The summed E-state index contributed by atoms with van der Waals surface area (Å²) in [5.41, 5.74) is 1.08. The van der Waals surface area contributed by atoms with Crippen molar-refractivity contribution < 1.29 is 34.8 Å². The fourth-order valence-electron chi connectivity index (χ4n) is 5.07. The van der Waals surface area contributed by atoms with Crippen molar-refractivity contribution in [1.29, 1.82) is 0 Å². The zero-order chi connectivity index (χ0) is 47.8. The number of aliphatic hydroxyl groups excluding tert-OH is 1. The summed E-state index contributed by atoms with van der Waals surface area (Å²) < 4.78 is 85.9. The van der Waals surface area contributed by atoms with Gasteiger partial charge in [0, 0.05) is 65.1 Å². The molecule has 0 bridgehead atoms. The smallest absolute Gasteiger partial charge is 0.252 e. The molecule has 3 N–H and O–H groups in total. The van der Waals surface area contributed by atoms with Crippen LogP contribution in [0.25, 0.3) is 10.7 Å². The summed E-state index contributed by atoms with van der Waals surface area (Å²) in [5.74, 6) is 1.90. The summed E-state index contributed by atoms with van der Waals surface area (Å²) in [7, 11) is -7.56. The maximum absolute atomic E-state index is 12.5. The molecule has 1 fully saturated rings. The standard InChI is InChI=1S/C17H19ClN6O3S2.C13H24BrNO3S2Si.C8H12BrNO2S2/c1-24(6-7-25)29(26,27)15-5-4-13(28-15)17-19-9-11(18)16(21-17)20-14-8-12(22-23-14)10-2-3-10;1-13(2,3)21(5,6)18-10-9-15(4)20(16,17)12-8-7-11(14)19-12;1-3-6-10(2)14(11,12)8-5-4-7(9)13-8/h4-5,8-10,25H,2-3,6-7H2,1H3,(H2,19,20,21,22,23);7-8H,9-10H2,1-6H3;4-5H,3,6H2,1-2H3. The SMILES string of the molecule is CCCN(C)S(=O)(=O)c1ccc(Br)s1.CN(CCO)S(=O)(=O)c1ccc(-c2ncc(Cl)c(Nc3cc(C4CC4)[nH]n3)n2)s1.CN(CCO[Si](C)(C)C(C)(C)C)S(=O)(=O)c1ccc(Br)s1. The Balaban J connectivity index is 0.000000225. The van der Waals surface area contributed by atoms with Crippen molar-refractivity contribution in [2.45, 2.75) is 83.6 Å². The number of nitrogens with zero attached hydrogens (tertiary/aromatic N) is 6. The Labute approximate surface area is 412 Å². The molecule has 5 aromatic heterocycles. The van der Waals surface area contributed by atoms with Crippen LogP contribution in [0.4, 0.5) is 11.6 Å². The number of aromatic amines is 1. The topological polar surface area (TPSA) is 208 Å². The van der Waals surface area contributed by atoms with Gasteiger partial charge in [-0.05, 0) is 106 Å². The van der Waals surface area contributed by atoms with Crippen LogP contribution in [0, 0.1) is 0 Å². The average molecular weight is 1170 g/mol. The molecule has 5 heterocycles. The molecule has 1 aliphatic carbocycles. The minimum absolute atomic E-state index is 0.0214. The van der Waals surface area contributed by atoms with Gasteiger partial charge in [0.15, 0.2) is 25.8 Å². The van der Waals surface area contributed by atoms with Crippen LogP contribution in [0.15, 0.2) is 68.9 Å². The minimum atomic E-state index is -3.67. The highest BCUT2D eigenvalue weighted by Gasteiger charge is 2.37. The predicted octanol–water partition coefficient (Wildman–Crippen LogP) is 9.51. The summed E-state index contributed by atoms with van der Waals surface area (Å²) in [6, 6.07) is 11.8. The van der Waals surface area contributed by atoms with Gasteiger partial charge in [-0.25, -0.2) is 39.5 Å². The van der Waals surface area contributed by atoms with E-state index in [-0.39, 0.29) is 22.4 Å². The first kappa shape index (κ1) is 54.9. The molecule has 0 atom stereocenters. The van der Waals surface area contributed by atoms with E-state index in [2.05, 4.69) is 91.2 Å².